The number of nitrogens with zero attached hydrogens (tertiary/aromatic N) is 2. The number of hydrogen-bond donors (Lipinski definition) is 0. The lowest BCUT2D eigenvalue weighted by Crippen LogP contribution is -1.86. The Kier molecular flexibility index (Phi) is 2.98. The summed E-state index contributed by atoms with van der Waals surface area (Å²) >= 11 is 1.71. The first-order valence-corrected chi connectivity index (χ1v) is 7.62. The second-order valence-corrected chi connectivity index (χ2v) is 5.99. The predicted molar refractivity (Wildman–Crippen MR) is 86.7 cm³/mol. The summed E-state index contributed by atoms with van der Waals surface area (Å²) in [5.74, 6) is 0. The number of thiazole rings is 1. The van der Waals surface area contributed by atoms with E-state index in [0.717, 1.165) is 16.2 Å². The Morgan fingerprint density at radius 2 is 2.00 bits per heavy atom. The van der Waals surface area contributed by atoms with Crippen molar-refractivity contribution >= 4 is 26.5 Å². The van der Waals surface area contributed by atoms with E-state index in [1.807, 2.05) is 18.2 Å². The van der Waals surface area contributed by atoms with Gasteiger partial charge in [-0.3, -0.25) is 4.40 Å². The minimum absolute atomic E-state index is 0.644. The number of rotatable bonds is 3. The normalized spacial score (nSPS) is 11.5. The molecular weight excluding hydrogens is 280 g/mol. The van der Waals surface area contributed by atoms with Gasteiger partial charge in [-0.05, 0) is 17.7 Å². The molecule has 0 saturated heterocycles. The molecule has 4 rings (SSSR count). The highest BCUT2D eigenvalue weighted by Gasteiger charge is 2.10. The van der Waals surface area contributed by atoms with Crippen molar-refractivity contribution in [2.45, 2.75) is 6.61 Å². The molecule has 4 heteroatoms. The number of benzene rings is 2. The zero-order valence-corrected chi connectivity index (χ0v) is 12.4. The maximum absolute atomic E-state index is 5.19. The molecule has 0 radical (unpaired) electrons. The van der Waals surface area contributed by atoms with Crippen LogP contribution >= 0.6 is 11.3 Å². The number of methoxy groups -OCH3 is 1. The van der Waals surface area contributed by atoms with Crippen LogP contribution in [0.3, 0.4) is 0 Å². The summed E-state index contributed by atoms with van der Waals surface area (Å²) in [4.78, 5) is 5.77. The van der Waals surface area contributed by atoms with Crippen LogP contribution in [0.15, 0.2) is 54.7 Å². The summed E-state index contributed by atoms with van der Waals surface area (Å²) in [5.41, 5.74) is 4.56. The highest BCUT2D eigenvalue weighted by molar-refractivity contribution is 7.23. The SMILES string of the molecule is COCc1ccc2c(c1)sc1nc(-c3ccccc3)cn12. The molecule has 0 fully saturated rings. The predicted octanol–water partition coefficient (Wildman–Crippen LogP) is 4.36. The third-order valence-corrected chi connectivity index (χ3v) is 4.56. The largest absolute Gasteiger partial charge is 0.380 e. The van der Waals surface area contributed by atoms with Crippen LogP contribution in [0, 0.1) is 0 Å². The Morgan fingerprint density at radius 1 is 1.14 bits per heavy atom. The van der Waals surface area contributed by atoms with E-state index in [-0.39, 0.29) is 0 Å². The third kappa shape index (κ3) is 2.13. The Morgan fingerprint density at radius 3 is 2.81 bits per heavy atom. The van der Waals surface area contributed by atoms with E-state index in [4.69, 9.17) is 9.72 Å². The number of hydrogen-bond acceptors (Lipinski definition) is 3. The maximum atomic E-state index is 5.19. The van der Waals surface area contributed by atoms with Crippen molar-refractivity contribution in [1.29, 1.82) is 0 Å². The number of imidazole rings is 1. The quantitative estimate of drug-likeness (QED) is 0.561. The van der Waals surface area contributed by atoms with Crippen molar-refractivity contribution in [2.75, 3.05) is 7.11 Å². The fourth-order valence-electron chi connectivity index (χ4n) is 2.55. The lowest BCUT2D eigenvalue weighted by molar-refractivity contribution is 0.185. The van der Waals surface area contributed by atoms with Gasteiger partial charge in [-0.2, -0.15) is 0 Å². The lowest BCUT2D eigenvalue weighted by Gasteiger charge is -1.99. The fraction of sp³-hybridized carbons (Fsp3) is 0.118. The van der Waals surface area contributed by atoms with E-state index < -0.39 is 0 Å². The van der Waals surface area contributed by atoms with Crippen molar-refractivity contribution in [1.82, 2.24) is 9.38 Å². The molecule has 2 aromatic carbocycles. The summed E-state index contributed by atoms with van der Waals surface area (Å²) in [6, 6.07) is 16.7. The molecule has 0 unspecified atom stereocenters. The van der Waals surface area contributed by atoms with Crippen LogP contribution in [0.1, 0.15) is 5.56 Å². The molecule has 104 valence electrons. The fourth-order valence-corrected chi connectivity index (χ4v) is 3.62. The van der Waals surface area contributed by atoms with E-state index in [2.05, 4.69) is 40.9 Å². The molecule has 4 aromatic rings. The first-order valence-electron chi connectivity index (χ1n) is 6.80. The average Bonchev–Trinajstić information content (AvgIpc) is 3.05. The molecule has 2 aromatic heterocycles. The second kappa shape index (κ2) is 4.98. The van der Waals surface area contributed by atoms with Gasteiger partial charge >= 0.3 is 0 Å². The van der Waals surface area contributed by atoms with Crippen molar-refractivity contribution in [2.24, 2.45) is 0 Å². The Bertz CT molecular complexity index is 908. The van der Waals surface area contributed by atoms with Crippen LogP contribution in [0.5, 0.6) is 0 Å². The Hall–Kier alpha value is -2.17. The molecule has 0 bridgehead atoms. The summed E-state index contributed by atoms with van der Waals surface area (Å²) < 4.78 is 8.60. The number of fused-ring (bicyclic) bond motifs is 3. The molecule has 0 aliphatic carbocycles. The number of aromatic nitrogens is 2. The van der Waals surface area contributed by atoms with E-state index in [1.165, 1.54) is 15.8 Å². The molecule has 0 spiro atoms. The monoisotopic (exact) mass is 294 g/mol. The lowest BCUT2D eigenvalue weighted by atomic mass is 10.2. The van der Waals surface area contributed by atoms with Gasteiger partial charge in [0.2, 0.25) is 0 Å². The molecule has 0 saturated carbocycles. The molecular formula is C17H14N2OS. The molecule has 2 heterocycles. The van der Waals surface area contributed by atoms with Gasteiger partial charge in [0.15, 0.2) is 4.96 Å². The Balaban J connectivity index is 1.86. The summed E-state index contributed by atoms with van der Waals surface area (Å²) in [5, 5.41) is 0. The minimum Gasteiger partial charge on any atom is -0.380 e. The summed E-state index contributed by atoms with van der Waals surface area (Å²) in [6.07, 6.45) is 2.11. The highest BCUT2D eigenvalue weighted by Crippen LogP contribution is 2.30. The standard InChI is InChI=1S/C17H14N2OS/c1-20-11-12-7-8-15-16(9-12)21-17-18-14(10-19(15)17)13-5-3-2-4-6-13/h2-10H,11H2,1H3. The van der Waals surface area contributed by atoms with Gasteiger partial charge in [-0.1, -0.05) is 47.7 Å². The van der Waals surface area contributed by atoms with Gasteiger partial charge in [0, 0.05) is 18.9 Å². The summed E-state index contributed by atoms with van der Waals surface area (Å²) in [6.45, 7) is 0.644. The molecule has 21 heavy (non-hydrogen) atoms. The van der Waals surface area contributed by atoms with Crippen LogP contribution < -0.4 is 0 Å². The maximum Gasteiger partial charge on any atom is 0.195 e. The molecule has 0 aliphatic rings. The summed E-state index contributed by atoms with van der Waals surface area (Å²) in [7, 11) is 1.72. The second-order valence-electron chi connectivity index (χ2n) is 4.98. The number of ether oxygens (including phenoxy) is 1. The molecule has 0 N–H and O–H groups in total. The molecule has 3 nitrogen and oxygen atoms in total. The topological polar surface area (TPSA) is 26.5 Å². The van der Waals surface area contributed by atoms with E-state index in [9.17, 15) is 0 Å². The van der Waals surface area contributed by atoms with Crippen molar-refractivity contribution in [3.05, 3.63) is 60.3 Å². The van der Waals surface area contributed by atoms with Gasteiger partial charge in [0.25, 0.3) is 0 Å². The minimum atomic E-state index is 0.644. The average molecular weight is 294 g/mol. The van der Waals surface area contributed by atoms with Gasteiger partial charge in [-0.15, -0.1) is 0 Å². The van der Waals surface area contributed by atoms with E-state index in [1.54, 1.807) is 18.4 Å². The van der Waals surface area contributed by atoms with Gasteiger partial charge in [0.05, 0.1) is 22.5 Å². The van der Waals surface area contributed by atoms with Gasteiger partial charge in [-0.25, -0.2) is 4.98 Å². The van der Waals surface area contributed by atoms with Gasteiger partial charge in [0.1, 0.15) is 0 Å². The Labute approximate surface area is 126 Å². The highest BCUT2D eigenvalue weighted by atomic mass is 32.1. The molecule has 0 atom stereocenters. The van der Waals surface area contributed by atoms with E-state index in [0.29, 0.717) is 6.61 Å². The van der Waals surface area contributed by atoms with Crippen LogP contribution in [0.4, 0.5) is 0 Å². The van der Waals surface area contributed by atoms with Gasteiger partial charge < -0.3 is 4.74 Å². The first-order chi connectivity index (χ1) is 10.3. The van der Waals surface area contributed by atoms with Crippen LogP contribution in [0.25, 0.3) is 26.4 Å². The zero-order chi connectivity index (χ0) is 14.2. The van der Waals surface area contributed by atoms with Crippen molar-refractivity contribution in [3.63, 3.8) is 0 Å². The first kappa shape index (κ1) is 12.6. The van der Waals surface area contributed by atoms with Crippen molar-refractivity contribution < 1.29 is 4.74 Å². The third-order valence-electron chi connectivity index (χ3n) is 3.54. The zero-order valence-electron chi connectivity index (χ0n) is 11.6. The van der Waals surface area contributed by atoms with Crippen molar-refractivity contribution in [3.8, 4) is 11.3 Å². The van der Waals surface area contributed by atoms with Crippen LogP contribution in [-0.2, 0) is 11.3 Å². The molecule has 0 amide bonds. The van der Waals surface area contributed by atoms with Crippen LogP contribution in [-0.4, -0.2) is 16.5 Å². The molecule has 0 aliphatic heterocycles. The smallest absolute Gasteiger partial charge is 0.195 e. The van der Waals surface area contributed by atoms with Crippen LogP contribution in [0.2, 0.25) is 0 Å². The van der Waals surface area contributed by atoms with E-state index >= 15 is 0 Å².